The summed E-state index contributed by atoms with van der Waals surface area (Å²) in [6.07, 6.45) is 0. The van der Waals surface area contributed by atoms with E-state index in [1.165, 1.54) is 97.9 Å². The second-order valence-corrected chi connectivity index (χ2v) is 17.5. The Morgan fingerprint density at radius 1 is 0.417 bits per heavy atom. The van der Waals surface area contributed by atoms with Gasteiger partial charge in [0.1, 0.15) is 0 Å². The van der Waals surface area contributed by atoms with Gasteiger partial charge >= 0.3 is 0 Å². The summed E-state index contributed by atoms with van der Waals surface area (Å²) in [5.41, 5.74) is 17.4. The highest BCUT2D eigenvalue weighted by molar-refractivity contribution is 7.27. The van der Waals surface area contributed by atoms with Crippen LogP contribution in [0.1, 0.15) is 25.0 Å². The average molecular weight is 785 g/mol. The van der Waals surface area contributed by atoms with Gasteiger partial charge in [0.15, 0.2) is 0 Å². The molecule has 0 unspecified atom stereocenters. The van der Waals surface area contributed by atoms with Crippen molar-refractivity contribution >= 4 is 70.4 Å². The Bertz CT molecular complexity index is 3430. The standard InChI is InChI=1S/C57H40N2S/c1-57(2)49-21-11-9-18-44(49)45-33-28-40(36-50(45)57)39-26-31-43(32-27-39)58(42-29-24-38(25-30-42)37-14-5-3-6-15-37)53-23-13-20-46-47-34-35-52-54(56(47)60-55(46)53)48-19-10-12-22-51(48)59(52)41-16-7-4-8-17-41/h3-36H,1-2H3. The number of nitrogens with zero attached hydrogens (tertiary/aromatic N) is 2. The summed E-state index contributed by atoms with van der Waals surface area (Å²) in [5, 5.41) is 5.15. The summed E-state index contributed by atoms with van der Waals surface area (Å²) in [5.74, 6) is 0. The van der Waals surface area contributed by atoms with E-state index in [9.17, 15) is 0 Å². The average Bonchev–Trinajstić information content (AvgIpc) is 3.93. The lowest BCUT2D eigenvalue weighted by Gasteiger charge is -2.26. The third kappa shape index (κ3) is 5.26. The van der Waals surface area contributed by atoms with Crippen LogP contribution in [0.2, 0.25) is 0 Å². The summed E-state index contributed by atoms with van der Waals surface area (Å²) in [7, 11) is 0. The zero-order valence-corrected chi connectivity index (χ0v) is 34.2. The molecule has 60 heavy (non-hydrogen) atoms. The van der Waals surface area contributed by atoms with Gasteiger partial charge in [-0.1, -0.05) is 159 Å². The predicted octanol–water partition coefficient (Wildman–Crippen LogP) is 16.3. The van der Waals surface area contributed by atoms with Crippen LogP contribution in [-0.4, -0.2) is 4.57 Å². The first-order chi connectivity index (χ1) is 29.5. The predicted molar refractivity (Wildman–Crippen MR) is 257 cm³/mol. The normalized spacial score (nSPS) is 13.0. The zero-order valence-electron chi connectivity index (χ0n) is 33.4. The van der Waals surface area contributed by atoms with E-state index < -0.39 is 0 Å². The minimum atomic E-state index is -0.0461. The maximum atomic E-state index is 2.45. The summed E-state index contributed by atoms with van der Waals surface area (Å²) >= 11 is 1.91. The van der Waals surface area contributed by atoms with E-state index >= 15 is 0 Å². The molecular formula is C57H40N2S. The molecule has 0 atom stereocenters. The van der Waals surface area contributed by atoms with Gasteiger partial charge in [0.2, 0.25) is 0 Å². The second-order valence-electron chi connectivity index (χ2n) is 16.5. The minimum Gasteiger partial charge on any atom is -0.309 e. The Labute approximate surface area is 353 Å². The first-order valence-corrected chi connectivity index (χ1v) is 21.6. The zero-order chi connectivity index (χ0) is 40.0. The number of aromatic nitrogens is 1. The van der Waals surface area contributed by atoms with E-state index in [2.05, 4.69) is 230 Å². The number of hydrogen-bond donors (Lipinski definition) is 0. The van der Waals surface area contributed by atoms with Crippen molar-refractivity contribution in [2.24, 2.45) is 0 Å². The molecule has 0 saturated heterocycles. The topological polar surface area (TPSA) is 8.17 Å². The Hall–Kier alpha value is -7.20. The van der Waals surface area contributed by atoms with Crippen molar-refractivity contribution in [2.75, 3.05) is 4.90 Å². The number of thiophene rings is 1. The van der Waals surface area contributed by atoms with Gasteiger partial charge in [0.25, 0.3) is 0 Å². The number of anilines is 3. The van der Waals surface area contributed by atoms with E-state index in [1.807, 2.05) is 11.3 Å². The number of benzene rings is 9. The fourth-order valence-electron chi connectivity index (χ4n) is 9.87. The maximum absolute atomic E-state index is 2.45. The van der Waals surface area contributed by atoms with Gasteiger partial charge in [0, 0.05) is 48.7 Å². The summed E-state index contributed by atoms with van der Waals surface area (Å²) in [6, 6.07) is 75.8. The van der Waals surface area contributed by atoms with Gasteiger partial charge in [-0.05, 0) is 105 Å². The SMILES string of the molecule is CC1(C)c2ccccc2-c2ccc(-c3ccc(N(c4ccc(-c5ccccc5)cc4)c4cccc5c4sc4c5ccc5c4c4ccccc4n5-c4ccccc4)cc3)cc21. The molecule has 0 amide bonds. The van der Waals surface area contributed by atoms with E-state index in [1.54, 1.807) is 0 Å². The van der Waals surface area contributed by atoms with Crippen molar-refractivity contribution in [1.82, 2.24) is 4.57 Å². The lowest BCUT2D eigenvalue weighted by Crippen LogP contribution is -2.14. The lowest BCUT2D eigenvalue weighted by molar-refractivity contribution is 0.660. The first kappa shape index (κ1) is 34.8. The molecule has 1 aliphatic rings. The molecule has 0 saturated carbocycles. The van der Waals surface area contributed by atoms with Crippen molar-refractivity contribution in [3.63, 3.8) is 0 Å². The molecule has 0 fully saturated rings. The Balaban J connectivity index is 1.02. The van der Waals surface area contributed by atoms with Crippen LogP contribution in [0, 0.1) is 0 Å². The molecular weight excluding hydrogens is 745 g/mol. The number of fused-ring (bicyclic) bond motifs is 10. The van der Waals surface area contributed by atoms with Crippen LogP contribution in [0.4, 0.5) is 17.1 Å². The van der Waals surface area contributed by atoms with Crippen molar-refractivity contribution in [3.8, 4) is 39.1 Å². The largest absolute Gasteiger partial charge is 0.309 e. The number of hydrogen-bond acceptors (Lipinski definition) is 2. The van der Waals surface area contributed by atoms with Gasteiger partial charge in [-0.25, -0.2) is 0 Å². The summed E-state index contributed by atoms with van der Waals surface area (Å²) in [6.45, 7) is 4.71. The van der Waals surface area contributed by atoms with Gasteiger partial charge < -0.3 is 9.47 Å². The first-order valence-electron chi connectivity index (χ1n) is 20.8. The molecule has 9 aromatic carbocycles. The third-order valence-electron chi connectivity index (χ3n) is 12.8. The van der Waals surface area contributed by atoms with Crippen LogP contribution in [0.25, 0.3) is 81.0 Å². The van der Waals surface area contributed by atoms with Crippen molar-refractivity contribution in [2.45, 2.75) is 19.3 Å². The Morgan fingerprint density at radius 3 is 1.77 bits per heavy atom. The molecule has 0 spiro atoms. The van der Waals surface area contributed by atoms with E-state index in [-0.39, 0.29) is 5.41 Å². The molecule has 2 heterocycles. The van der Waals surface area contributed by atoms with Crippen LogP contribution in [0.3, 0.4) is 0 Å². The lowest BCUT2D eigenvalue weighted by atomic mass is 9.81. The number of para-hydroxylation sites is 2. The van der Waals surface area contributed by atoms with E-state index in [4.69, 9.17) is 0 Å². The molecule has 0 N–H and O–H groups in total. The molecule has 11 aromatic rings. The van der Waals surface area contributed by atoms with Gasteiger partial charge in [-0.15, -0.1) is 11.3 Å². The highest BCUT2D eigenvalue weighted by Gasteiger charge is 2.35. The molecule has 2 nitrogen and oxygen atoms in total. The highest BCUT2D eigenvalue weighted by Crippen LogP contribution is 2.51. The fraction of sp³-hybridized carbons (Fsp3) is 0.0526. The van der Waals surface area contributed by atoms with Crippen LogP contribution >= 0.6 is 11.3 Å². The quantitative estimate of drug-likeness (QED) is 0.163. The third-order valence-corrected chi connectivity index (χ3v) is 14.1. The minimum absolute atomic E-state index is 0.0461. The molecule has 0 radical (unpaired) electrons. The monoisotopic (exact) mass is 784 g/mol. The molecule has 0 aliphatic heterocycles. The van der Waals surface area contributed by atoms with E-state index in [0.29, 0.717) is 0 Å². The molecule has 0 bridgehead atoms. The highest BCUT2D eigenvalue weighted by atomic mass is 32.1. The van der Waals surface area contributed by atoms with Gasteiger partial charge in [-0.3, -0.25) is 0 Å². The van der Waals surface area contributed by atoms with Crippen LogP contribution in [-0.2, 0) is 5.41 Å². The Kier molecular flexibility index (Phi) is 7.79. The van der Waals surface area contributed by atoms with Gasteiger partial charge in [0.05, 0.1) is 21.4 Å². The molecule has 12 rings (SSSR count). The molecule has 2 aromatic heterocycles. The maximum Gasteiger partial charge on any atom is 0.0640 e. The fourth-order valence-corrected chi connectivity index (χ4v) is 11.2. The second kappa shape index (κ2) is 13.4. The molecule has 3 heteroatoms. The van der Waals surface area contributed by atoms with Crippen LogP contribution in [0.5, 0.6) is 0 Å². The summed E-state index contributed by atoms with van der Waals surface area (Å²) in [4.78, 5) is 2.45. The Morgan fingerprint density at radius 2 is 1.00 bits per heavy atom. The molecule has 284 valence electrons. The summed E-state index contributed by atoms with van der Waals surface area (Å²) < 4.78 is 5.00. The van der Waals surface area contributed by atoms with E-state index in [0.717, 1.165) is 11.4 Å². The van der Waals surface area contributed by atoms with Crippen molar-refractivity contribution in [3.05, 3.63) is 217 Å². The molecule has 1 aliphatic carbocycles. The van der Waals surface area contributed by atoms with Crippen LogP contribution < -0.4 is 4.90 Å². The van der Waals surface area contributed by atoms with Gasteiger partial charge in [-0.2, -0.15) is 0 Å². The van der Waals surface area contributed by atoms with Crippen molar-refractivity contribution < 1.29 is 0 Å². The van der Waals surface area contributed by atoms with Crippen molar-refractivity contribution in [1.29, 1.82) is 0 Å². The smallest absolute Gasteiger partial charge is 0.0640 e. The number of rotatable bonds is 6. The van der Waals surface area contributed by atoms with Crippen LogP contribution in [0.15, 0.2) is 206 Å².